The summed E-state index contributed by atoms with van der Waals surface area (Å²) >= 11 is 7.67. The lowest BCUT2D eigenvalue weighted by Gasteiger charge is -2.27. The summed E-state index contributed by atoms with van der Waals surface area (Å²) in [6, 6.07) is 8.36. The Morgan fingerprint density at radius 1 is 1.28 bits per heavy atom. The quantitative estimate of drug-likeness (QED) is 0.370. The second kappa shape index (κ2) is 10.8. The van der Waals surface area contributed by atoms with Crippen LogP contribution in [-0.2, 0) is 0 Å². The lowest BCUT2D eigenvalue weighted by Crippen LogP contribution is -2.49. The van der Waals surface area contributed by atoms with E-state index in [9.17, 15) is 9.50 Å². The molecule has 1 aromatic heterocycles. The molecule has 2 unspecified atom stereocenters. The molecule has 0 radical (unpaired) electrons. The summed E-state index contributed by atoms with van der Waals surface area (Å²) in [5.74, 6) is 1.82. The number of halogens is 2. The third kappa shape index (κ3) is 5.23. The van der Waals surface area contributed by atoms with Crippen molar-refractivity contribution in [3.8, 4) is 11.5 Å². The number of aliphatic hydroxyl groups excluding tert-OH is 1. The fourth-order valence-electron chi connectivity index (χ4n) is 4.56. The maximum atomic E-state index is 14.5. The number of aromatic nitrogens is 2. The lowest BCUT2D eigenvalue weighted by molar-refractivity contribution is 0.0536. The van der Waals surface area contributed by atoms with E-state index < -0.39 is 12.0 Å². The summed E-state index contributed by atoms with van der Waals surface area (Å²) < 4.78 is 26.5. The summed E-state index contributed by atoms with van der Waals surface area (Å²) in [5, 5.41) is 19.8. The molecule has 0 bridgehead atoms. The Balaban J connectivity index is 1.37. The summed E-state index contributed by atoms with van der Waals surface area (Å²) in [6.45, 7) is 0.643. The van der Waals surface area contributed by atoms with Crippen LogP contribution in [0.25, 0.3) is 10.9 Å². The van der Waals surface area contributed by atoms with Gasteiger partial charge in [-0.25, -0.2) is 14.4 Å². The van der Waals surface area contributed by atoms with Gasteiger partial charge in [0, 0.05) is 36.2 Å². The average Bonchev–Trinajstić information content (AvgIpc) is 3.51. The van der Waals surface area contributed by atoms with Crippen molar-refractivity contribution in [3.05, 3.63) is 59.0 Å². The number of hydrogen-bond donors (Lipinski definition) is 3. The van der Waals surface area contributed by atoms with Crippen molar-refractivity contribution >= 4 is 45.8 Å². The molecule has 8 nitrogen and oxygen atoms in total. The standard InChI is InChI=1S/C25H27ClFN5O3S/c1-32-11-15(8-20(32)25(33)30-14-6-7-36-12-14)35-22-9-16-19(10-21(22)34-2)28-13-29-24(16)31-18-5-3-4-17(26)23(18)27/h3-7,9-10,13-15,20,25,30,33H,8,11-12H2,1-2H3,(H,28,29,31)/t14?,15-,20+,25?/m0/s1. The van der Waals surface area contributed by atoms with Crippen LogP contribution in [0.3, 0.4) is 0 Å². The number of likely N-dealkylation sites (N-methyl/N-ethyl adjacent to an activating group) is 1. The molecule has 5 rings (SSSR count). The molecule has 190 valence electrons. The van der Waals surface area contributed by atoms with Gasteiger partial charge in [0.1, 0.15) is 24.5 Å². The fraction of sp³-hybridized carbons (Fsp3) is 0.360. The van der Waals surface area contributed by atoms with Crippen LogP contribution in [0.15, 0.2) is 48.1 Å². The number of rotatable bonds is 8. The highest BCUT2D eigenvalue weighted by Gasteiger charge is 2.36. The van der Waals surface area contributed by atoms with Crippen molar-refractivity contribution in [3.63, 3.8) is 0 Å². The van der Waals surface area contributed by atoms with E-state index in [-0.39, 0.29) is 28.9 Å². The third-order valence-electron chi connectivity index (χ3n) is 6.41. The number of anilines is 2. The van der Waals surface area contributed by atoms with Gasteiger partial charge in [0.2, 0.25) is 0 Å². The van der Waals surface area contributed by atoms with Gasteiger partial charge in [-0.3, -0.25) is 10.2 Å². The number of hydrogen-bond acceptors (Lipinski definition) is 9. The highest BCUT2D eigenvalue weighted by Crippen LogP contribution is 2.37. The van der Waals surface area contributed by atoms with Gasteiger partial charge in [-0.05, 0) is 30.7 Å². The number of benzene rings is 2. The van der Waals surface area contributed by atoms with Gasteiger partial charge in [0.25, 0.3) is 0 Å². The maximum absolute atomic E-state index is 14.5. The molecule has 3 aromatic rings. The van der Waals surface area contributed by atoms with Gasteiger partial charge in [0.05, 0.1) is 29.4 Å². The van der Waals surface area contributed by atoms with Crippen molar-refractivity contribution in [1.82, 2.24) is 20.2 Å². The number of fused-ring (bicyclic) bond motifs is 1. The topological polar surface area (TPSA) is 91.8 Å². The molecule has 2 aliphatic rings. The molecule has 1 saturated heterocycles. The van der Waals surface area contributed by atoms with Crippen LogP contribution < -0.4 is 20.1 Å². The first-order valence-electron chi connectivity index (χ1n) is 11.6. The van der Waals surface area contributed by atoms with Gasteiger partial charge in [-0.2, -0.15) is 0 Å². The predicted molar refractivity (Wildman–Crippen MR) is 141 cm³/mol. The SMILES string of the molecule is COc1cc2ncnc(Nc3cccc(Cl)c3F)c2cc1O[C@H]1C[C@H](C(O)NC2C=CSC2)N(C)C1. The van der Waals surface area contributed by atoms with Crippen LogP contribution in [-0.4, -0.2) is 70.8 Å². The molecule has 0 aliphatic carbocycles. The van der Waals surface area contributed by atoms with Crippen LogP contribution in [0.5, 0.6) is 11.5 Å². The van der Waals surface area contributed by atoms with E-state index in [0.29, 0.717) is 41.2 Å². The number of ether oxygens (including phenoxy) is 2. The van der Waals surface area contributed by atoms with Gasteiger partial charge < -0.3 is 19.9 Å². The number of aliphatic hydroxyl groups is 1. The average molecular weight is 532 g/mol. The molecule has 2 aliphatic heterocycles. The van der Waals surface area contributed by atoms with Crippen LogP contribution in [0.1, 0.15) is 6.42 Å². The predicted octanol–water partition coefficient (Wildman–Crippen LogP) is 4.16. The van der Waals surface area contributed by atoms with E-state index >= 15 is 0 Å². The fourth-order valence-corrected chi connectivity index (χ4v) is 5.56. The summed E-state index contributed by atoms with van der Waals surface area (Å²) in [7, 11) is 3.55. The molecule has 3 heterocycles. The van der Waals surface area contributed by atoms with Crippen LogP contribution in [0.2, 0.25) is 5.02 Å². The lowest BCUT2D eigenvalue weighted by atomic mass is 10.1. The normalized spacial score (nSPS) is 22.8. The molecule has 0 spiro atoms. The molecule has 2 aromatic carbocycles. The van der Waals surface area contributed by atoms with Crippen molar-refractivity contribution in [2.45, 2.75) is 30.8 Å². The zero-order valence-corrected chi connectivity index (χ0v) is 21.4. The molecule has 0 amide bonds. The molecular weight excluding hydrogens is 505 g/mol. The van der Waals surface area contributed by atoms with Crippen molar-refractivity contribution in [1.29, 1.82) is 0 Å². The largest absolute Gasteiger partial charge is 0.493 e. The van der Waals surface area contributed by atoms with E-state index in [1.165, 1.54) is 12.4 Å². The van der Waals surface area contributed by atoms with Gasteiger partial charge in [-0.15, -0.1) is 11.8 Å². The number of nitrogens with one attached hydrogen (secondary N) is 2. The molecule has 11 heteroatoms. The maximum Gasteiger partial charge on any atom is 0.165 e. The van der Waals surface area contributed by atoms with E-state index in [0.717, 1.165) is 5.75 Å². The molecule has 4 atom stereocenters. The Bertz CT molecular complexity index is 1280. The highest BCUT2D eigenvalue weighted by molar-refractivity contribution is 8.02. The first kappa shape index (κ1) is 25.0. The number of nitrogens with zero attached hydrogens (tertiary/aromatic N) is 3. The highest BCUT2D eigenvalue weighted by atomic mass is 35.5. The summed E-state index contributed by atoms with van der Waals surface area (Å²) in [4.78, 5) is 10.7. The minimum atomic E-state index is -0.674. The van der Waals surface area contributed by atoms with Crippen LogP contribution in [0.4, 0.5) is 15.9 Å². The van der Waals surface area contributed by atoms with Crippen molar-refractivity contribution in [2.75, 3.05) is 31.8 Å². The number of methoxy groups -OCH3 is 1. The van der Waals surface area contributed by atoms with Gasteiger partial charge >= 0.3 is 0 Å². The Kier molecular flexibility index (Phi) is 7.49. The third-order valence-corrected chi connectivity index (χ3v) is 7.61. The van der Waals surface area contributed by atoms with E-state index in [1.54, 1.807) is 43.1 Å². The minimum Gasteiger partial charge on any atom is -0.493 e. The Hall–Kier alpha value is -2.63. The van der Waals surface area contributed by atoms with E-state index in [4.69, 9.17) is 21.1 Å². The number of likely N-dealkylation sites (tertiary alicyclic amines) is 1. The molecule has 1 fully saturated rings. The zero-order chi connectivity index (χ0) is 25.2. The Morgan fingerprint density at radius 2 is 2.14 bits per heavy atom. The minimum absolute atomic E-state index is 0.0170. The Morgan fingerprint density at radius 3 is 2.92 bits per heavy atom. The molecule has 0 saturated carbocycles. The first-order chi connectivity index (χ1) is 17.4. The second-order valence-electron chi connectivity index (χ2n) is 8.83. The Labute approximate surface area is 217 Å². The van der Waals surface area contributed by atoms with Gasteiger partial charge in [-0.1, -0.05) is 23.7 Å². The second-order valence-corrected chi connectivity index (χ2v) is 10.2. The van der Waals surface area contributed by atoms with Crippen molar-refractivity contribution < 1.29 is 19.0 Å². The molecule has 36 heavy (non-hydrogen) atoms. The van der Waals surface area contributed by atoms with E-state index in [2.05, 4.69) is 31.6 Å². The first-order valence-corrected chi connectivity index (χ1v) is 13.0. The smallest absolute Gasteiger partial charge is 0.165 e. The van der Waals surface area contributed by atoms with Gasteiger partial charge in [0.15, 0.2) is 17.3 Å². The monoisotopic (exact) mass is 531 g/mol. The molecular formula is C25H27ClFN5O3S. The molecule has 3 N–H and O–H groups in total. The summed E-state index contributed by atoms with van der Waals surface area (Å²) in [6.07, 6.45) is 3.27. The zero-order valence-electron chi connectivity index (χ0n) is 19.8. The summed E-state index contributed by atoms with van der Waals surface area (Å²) in [5.41, 5.74) is 0.820. The van der Waals surface area contributed by atoms with Crippen molar-refractivity contribution in [2.24, 2.45) is 0 Å². The van der Waals surface area contributed by atoms with E-state index in [1.807, 2.05) is 12.5 Å². The number of thioether (sulfide) groups is 1. The van der Waals surface area contributed by atoms with Crippen LogP contribution >= 0.6 is 23.4 Å². The van der Waals surface area contributed by atoms with Crippen LogP contribution in [0, 0.1) is 5.82 Å².